The number of carbonyl (C=O) groups is 2. The molecule has 2 N–H and O–H groups in total. The summed E-state index contributed by atoms with van der Waals surface area (Å²) in [6.07, 6.45) is 1.20. The van der Waals surface area contributed by atoms with Crippen molar-refractivity contribution in [3.63, 3.8) is 0 Å². The molecule has 1 atom stereocenters. The molecule has 0 aromatic heterocycles. The van der Waals surface area contributed by atoms with Gasteiger partial charge in [0.05, 0.1) is 0 Å². The predicted octanol–water partition coefficient (Wildman–Crippen LogP) is 3.68. The molecular weight excluding hydrogens is 356 g/mol. The molecule has 2 aromatic rings. The number of amides is 2. The highest BCUT2D eigenvalue weighted by Crippen LogP contribution is 2.08. The Morgan fingerprint density at radius 2 is 1.39 bits per heavy atom. The van der Waals surface area contributed by atoms with Gasteiger partial charge in [-0.15, -0.1) is 0 Å². The van der Waals surface area contributed by atoms with E-state index >= 15 is 0 Å². The van der Waals surface area contributed by atoms with Gasteiger partial charge in [0.15, 0.2) is 0 Å². The van der Waals surface area contributed by atoms with Crippen LogP contribution in [0.3, 0.4) is 0 Å². The van der Waals surface area contributed by atoms with Crippen LogP contribution in [0.25, 0.3) is 0 Å². The third-order valence-electron chi connectivity index (χ3n) is 3.98. The predicted molar refractivity (Wildman–Crippen MR) is 108 cm³/mol. The van der Waals surface area contributed by atoms with Gasteiger partial charge in [-0.1, -0.05) is 73.3 Å². The van der Waals surface area contributed by atoms with E-state index in [1.165, 1.54) is 6.08 Å². The summed E-state index contributed by atoms with van der Waals surface area (Å²) >= 11 is 0. The van der Waals surface area contributed by atoms with E-state index in [0.29, 0.717) is 19.5 Å². The average molecular weight is 382 g/mol. The lowest BCUT2D eigenvalue weighted by Gasteiger charge is -2.18. The zero-order valence-electron chi connectivity index (χ0n) is 15.8. The Labute approximate surface area is 165 Å². The molecule has 2 amide bonds. The quantitative estimate of drug-likeness (QED) is 0.615. The van der Waals surface area contributed by atoms with Crippen LogP contribution in [-0.4, -0.2) is 31.9 Å². The molecule has 0 unspecified atom stereocenters. The Kier molecular flexibility index (Phi) is 9.14. The fourth-order valence-electron chi connectivity index (χ4n) is 2.58. The van der Waals surface area contributed by atoms with Gasteiger partial charge < -0.3 is 20.1 Å². The van der Waals surface area contributed by atoms with Crippen molar-refractivity contribution in [3.8, 4) is 0 Å². The van der Waals surface area contributed by atoms with Crippen LogP contribution in [-0.2, 0) is 22.5 Å². The molecule has 0 bridgehead atoms. The lowest BCUT2D eigenvalue weighted by atomic mass is 9.99. The van der Waals surface area contributed by atoms with E-state index in [1.54, 1.807) is 0 Å². The van der Waals surface area contributed by atoms with Gasteiger partial charge in [-0.25, -0.2) is 9.59 Å². The number of hydrogen-bond donors (Lipinski definition) is 2. The van der Waals surface area contributed by atoms with Crippen molar-refractivity contribution in [2.75, 3.05) is 19.7 Å². The van der Waals surface area contributed by atoms with Crippen molar-refractivity contribution in [1.29, 1.82) is 0 Å². The van der Waals surface area contributed by atoms with Crippen LogP contribution in [0.2, 0.25) is 0 Å². The van der Waals surface area contributed by atoms with E-state index in [-0.39, 0.29) is 19.1 Å². The molecule has 0 spiro atoms. The van der Waals surface area contributed by atoms with Crippen LogP contribution in [0.15, 0.2) is 73.3 Å². The first-order valence-electron chi connectivity index (χ1n) is 9.17. The highest BCUT2D eigenvalue weighted by atomic mass is 16.6. The van der Waals surface area contributed by atoms with E-state index in [2.05, 4.69) is 17.2 Å². The molecule has 0 heterocycles. The second kappa shape index (κ2) is 12.2. The molecule has 2 rings (SSSR count). The molecule has 0 aliphatic carbocycles. The molecule has 0 fully saturated rings. The SMILES string of the molecule is C=CCOC(=O)NC[C@@H](CNC(=O)OCc1ccccc1)Cc1ccccc1. The van der Waals surface area contributed by atoms with Crippen molar-refractivity contribution in [3.05, 3.63) is 84.4 Å². The van der Waals surface area contributed by atoms with Gasteiger partial charge in [0.2, 0.25) is 0 Å². The number of alkyl carbamates (subject to hydrolysis) is 2. The van der Waals surface area contributed by atoms with Crippen LogP contribution < -0.4 is 10.6 Å². The second-order valence-electron chi connectivity index (χ2n) is 6.27. The van der Waals surface area contributed by atoms with Gasteiger partial charge in [-0.3, -0.25) is 0 Å². The number of hydrogen-bond acceptors (Lipinski definition) is 4. The van der Waals surface area contributed by atoms with Gasteiger partial charge >= 0.3 is 12.2 Å². The Hall–Kier alpha value is -3.28. The first-order chi connectivity index (χ1) is 13.7. The number of rotatable bonds is 10. The largest absolute Gasteiger partial charge is 0.445 e. The lowest BCUT2D eigenvalue weighted by Crippen LogP contribution is -2.38. The van der Waals surface area contributed by atoms with Crippen LogP contribution in [0.4, 0.5) is 9.59 Å². The van der Waals surface area contributed by atoms with Crippen LogP contribution in [0, 0.1) is 5.92 Å². The van der Waals surface area contributed by atoms with Crippen molar-refractivity contribution >= 4 is 12.2 Å². The minimum Gasteiger partial charge on any atom is -0.445 e. The van der Waals surface area contributed by atoms with E-state index in [0.717, 1.165) is 11.1 Å². The molecule has 28 heavy (non-hydrogen) atoms. The summed E-state index contributed by atoms with van der Waals surface area (Å²) in [5.41, 5.74) is 2.04. The van der Waals surface area contributed by atoms with Crippen LogP contribution >= 0.6 is 0 Å². The van der Waals surface area contributed by atoms with Crippen LogP contribution in [0.5, 0.6) is 0 Å². The smallest absolute Gasteiger partial charge is 0.407 e. The maximum Gasteiger partial charge on any atom is 0.407 e. The van der Waals surface area contributed by atoms with E-state index in [1.807, 2.05) is 60.7 Å². The highest BCUT2D eigenvalue weighted by Gasteiger charge is 2.14. The van der Waals surface area contributed by atoms with Crippen LogP contribution in [0.1, 0.15) is 11.1 Å². The Morgan fingerprint density at radius 3 is 1.96 bits per heavy atom. The maximum absolute atomic E-state index is 12.0. The monoisotopic (exact) mass is 382 g/mol. The molecule has 6 nitrogen and oxygen atoms in total. The summed E-state index contributed by atoms with van der Waals surface area (Å²) in [6, 6.07) is 19.4. The topological polar surface area (TPSA) is 76.7 Å². The standard InChI is InChI=1S/C22H26N2O4/c1-2-13-27-21(25)23-15-20(14-18-9-5-3-6-10-18)16-24-22(26)28-17-19-11-7-4-8-12-19/h2-12,20H,1,13-17H2,(H,23,25)(H,24,26)/t20-/m0/s1. The van der Waals surface area contributed by atoms with Gasteiger partial charge in [-0.2, -0.15) is 0 Å². The normalized spacial score (nSPS) is 11.1. The zero-order chi connectivity index (χ0) is 20.0. The molecule has 0 saturated carbocycles. The molecule has 0 aliphatic heterocycles. The molecule has 0 aliphatic rings. The Balaban J connectivity index is 1.82. The molecular formula is C22H26N2O4. The lowest BCUT2D eigenvalue weighted by molar-refractivity contribution is 0.137. The number of carbonyl (C=O) groups excluding carboxylic acids is 2. The second-order valence-corrected chi connectivity index (χ2v) is 6.27. The summed E-state index contributed by atoms with van der Waals surface area (Å²) in [5.74, 6) is -0.0112. The Morgan fingerprint density at radius 1 is 0.857 bits per heavy atom. The molecule has 148 valence electrons. The number of ether oxygens (including phenoxy) is 2. The summed E-state index contributed by atoms with van der Waals surface area (Å²) in [4.78, 5) is 23.7. The maximum atomic E-state index is 12.0. The minimum atomic E-state index is -0.510. The Bertz CT molecular complexity index is 735. The summed E-state index contributed by atoms with van der Waals surface area (Å²) in [7, 11) is 0. The number of nitrogens with one attached hydrogen (secondary N) is 2. The number of benzene rings is 2. The van der Waals surface area contributed by atoms with E-state index in [4.69, 9.17) is 9.47 Å². The summed E-state index contributed by atoms with van der Waals surface area (Å²) in [5, 5.41) is 5.49. The summed E-state index contributed by atoms with van der Waals surface area (Å²) in [6.45, 7) is 4.60. The summed E-state index contributed by atoms with van der Waals surface area (Å²) < 4.78 is 10.2. The first-order valence-corrected chi connectivity index (χ1v) is 9.17. The third-order valence-corrected chi connectivity index (χ3v) is 3.98. The van der Waals surface area contributed by atoms with E-state index < -0.39 is 12.2 Å². The first kappa shape index (κ1) is 21.0. The van der Waals surface area contributed by atoms with Crippen molar-refractivity contribution in [2.24, 2.45) is 5.92 Å². The van der Waals surface area contributed by atoms with Crippen molar-refractivity contribution in [2.45, 2.75) is 13.0 Å². The molecule has 6 heteroatoms. The molecule has 0 saturated heterocycles. The van der Waals surface area contributed by atoms with Gasteiger partial charge in [-0.05, 0) is 23.5 Å². The van der Waals surface area contributed by atoms with E-state index in [9.17, 15) is 9.59 Å². The fraction of sp³-hybridized carbons (Fsp3) is 0.273. The van der Waals surface area contributed by atoms with Crippen molar-refractivity contribution in [1.82, 2.24) is 10.6 Å². The van der Waals surface area contributed by atoms with Gasteiger partial charge in [0.25, 0.3) is 0 Å². The average Bonchev–Trinajstić information content (AvgIpc) is 2.74. The third kappa shape index (κ3) is 8.40. The van der Waals surface area contributed by atoms with Gasteiger partial charge in [0, 0.05) is 13.1 Å². The van der Waals surface area contributed by atoms with Gasteiger partial charge in [0.1, 0.15) is 13.2 Å². The zero-order valence-corrected chi connectivity index (χ0v) is 15.8. The molecule has 0 radical (unpaired) electrons. The van der Waals surface area contributed by atoms with Crippen molar-refractivity contribution < 1.29 is 19.1 Å². The highest BCUT2D eigenvalue weighted by molar-refractivity contribution is 5.68. The molecule has 2 aromatic carbocycles. The minimum absolute atomic E-state index is 0.0112. The fourth-order valence-corrected chi connectivity index (χ4v) is 2.58.